The first-order chi connectivity index (χ1) is 8.22. The van der Waals surface area contributed by atoms with Gasteiger partial charge in [0.15, 0.2) is 5.69 Å². The number of nitrogens with one attached hydrogen (secondary N) is 1. The highest BCUT2D eigenvalue weighted by Crippen LogP contribution is 2.21. The molecule has 0 bridgehead atoms. The lowest BCUT2D eigenvalue weighted by molar-refractivity contribution is -0.0513. The molecule has 1 saturated carbocycles. The summed E-state index contributed by atoms with van der Waals surface area (Å²) in [5, 5.41) is 16.3. The van der Waals surface area contributed by atoms with Crippen molar-refractivity contribution in [3.8, 4) is 0 Å². The lowest BCUT2D eigenvalue weighted by Gasteiger charge is -2.34. The van der Waals surface area contributed by atoms with E-state index in [0.717, 1.165) is 19.3 Å². The highest BCUT2D eigenvalue weighted by atomic mass is 16.5. The number of rotatable bonds is 3. The van der Waals surface area contributed by atoms with Gasteiger partial charge in [-0.3, -0.25) is 4.79 Å². The molecule has 1 heterocycles. The van der Waals surface area contributed by atoms with Crippen LogP contribution < -0.4 is 5.32 Å². The van der Waals surface area contributed by atoms with E-state index in [-0.39, 0.29) is 23.7 Å². The third-order valence-corrected chi connectivity index (χ3v) is 3.09. The molecule has 1 amide bonds. The minimum Gasteiger partial charge on any atom is -0.388 e. The van der Waals surface area contributed by atoms with Gasteiger partial charge in [0.25, 0.3) is 5.91 Å². The zero-order valence-corrected chi connectivity index (χ0v) is 9.63. The van der Waals surface area contributed by atoms with Crippen LogP contribution in [-0.4, -0.2) is 41.5 Å². The largest absolute Gasteiger partial charge is 0.388 e. The smallest absolute Gasteiger partial charge is 0.273 e. The monoisotopic (exact) mass is 240 g/mol. The van der Waals surface area contributed by atoms with Crippen molar-refractivity contribution in [1.29, 1.82) is 0 Å². The molecule has 1 aromatic rings. The molecule has 6 heteroatoms. The maximum absolute atomic E-state index is 11.7. The second kappa shape index (κ2) is 5.29. The Bertz CT molecular complexity index is 366. The molecule has 94 valence electrons. The van der Waals surface area contributed by atoms with Crippen molar-refractivity contribution in [1.82, 2.24) is 10.5 Å². The number of hydrogen-bond donors (Lipinski definition) is 2. The van der Waals surface area contributed by atoms with Gasteiger partial charge < -0.3 is 19.7 Å². The van der Waals surface area contributed by atoms with E-state index in [1.54, 1.807) is 7.11 Å². The molecule has 0 spiro atoms. The maximum Gasteiger partial charge on any atom is 0.273 e. The Labute approximate surface area is 98.9 Å². The fraction of sp³-hybridized carbons (Fsp3) is 0.636. The summed E-state index contributed by atoms with van der Waals surface area (Å²) in [7, 11) is 1.57. The summed E-state index contributed by atoms with van der Waals surface area (Å²) in [5.41, 5.74) is 0.219. The van der Waals surface area contributed by atoms with Gasteiger partial charge in [0.05, 0.1) is 12.1 Å². The Morgan fingerprint density at radius 1 is 1.65 bits per heavy atom. The number of aliphatic hydroxyl groups excluding tert-OH is 1. The van der Waals surface area contributed by atoms with Crippen LogP contribution in [0.2, 0.25) is 0 Å². The minimum absolute atomic E-state index is 0.216. The lowest BCUT2D eigenvalue weighted by atomic mass is 9.90. The number of aliphatic hydroxyl groups is 1. The highest BCUT2D eigenvalue weighted by molar-refractivity contribution is 5.92. The quantitative estimate of drug-likeness (QED) is 0.795. The Morgan fingerprint density at radius 2 is 2.47 bits per heavy atom. The van der Waals surface area contributed by atoms with E-state index in [2.05, 4.69) is 15.0 Å². The van der Waals surface area contributed by atoms with Crippen LogP contribution in [0.5, 0.6) is 0 Å². The maximum atomic E-state index is 11.7. The Kier molecular flexibility index (Phi) is 3.75. The fourth-order valence-electron chi connectivity index (χ4n) is 2.13. The van der Waals surface area contributed by atoms with Gasteiger partial charge in [0.2, 0.25) is 0 Å². The van der Waals surface area contributed by atoms with Crippen LogP contribution in [0.15, 0.2) is 16.9 Å². The van der Waals surface area contributed by atoms with Crippen molar-refractivity contribution in [3.63, 3.8) is 0 Å². The first kappa shape index (κ1) is 12.1. The van der Waals surface area contributed by atoms with Gasteiger partial charge in [-0.2, -0.15) is 0 Å². The molecule has 1 fully saturated rings. The van der Waals surface area contributed by atoms with Crippen LogP contribution in [0.4, 0.5) is 0 Å². The summed E-state index contributed by atoms with van der Waals surface area (Å²) in [6.45, 7) is 0. The molecule has 1 aromatic heterocycles. The molecule has 0 unspecified atom stereocenters. The van der Waals surface area contributed by atoms with Crippen molar-refractivity contribution >= 4 is 5.91 Å². The van der Waals surface area contributed by atoms with Crippen molar-refractivity contribution in [2.75, 3.05) is 7.11 Å². The zero-order chi connectivity index (χ0) is 12.3. The summed E-state index contributed by atoms with van der Waals surface area (Å²) >= 11 is 0. The summed E-state index contributed by atoms with van der Waals surface area (Å²) < 4.78 is 9.77. The van der Waals surface area contributed by atoms with Crippen LogP contribution >= 0.6 is 0 Å². The predicted molar refractivity (Wildman–Crippen MR) is 58.4 cm³/mol. The molecular formula is C11H16N2O4. The second-order valence-corrected chi connectivity index (χ2v) is 4.16. The molecule has 0 aliphatic heterocycles. The van der Waals surface area contributed by atoms with Crippen LogP contribution in [-0.2, 0) is 4.74 Å². The average molecular weight is 240 g/mol. The summed E-state index contributed by atoms with van der Waals surface area (Å²) in [4.78, 5) is 11.7. The fourth-order valence-corrected chi connectivity index (χ4v) is 2.13. The third kappa shape index (κ3) is 2.65. The standard InChI is InChI=1S/C11H16N2O4/c1-16-9-4-2-3-7(10(9)14)12-11(15)8-5-6-17-13-8/h5-7,9-10,14H,2-4H2,1H3,(H,12,15)/t7-,9-,10-/m1/s1. The van der Waals surface area contributed by atoms with Crippen molar-refractivity contribution in [2.45, 2.75) is 37.5 Å². The van der Waals surface area contributed by atoms with Gasteiger partial charge in [-0.05, 0) is 19.3 Å². The van der Waals surface area contributed by atoms with E-state index in [1.165, 1.54) is 12.3 Å². The minimum atomic E-state index is -0.676. The Balaban J connectivity index is 1.96. The van der Waals surface area contributed by atoms with Gasteiger partial charge in [-0.15, -0.1) is 0 Å². The molecule has 17 heavy (non-hydrogen) atoms. The number of nitrogens with zero attached hydrogens (tertiary/aromatic N) is 1. The van der Waals surface area contributed by atoms with Crippen molar-refractivity contribution < 1.29 is 19.2 Å². The number of hydrogen-bond acceptors (Lipinski definition) is 5. The third-order valence-electron chi connectivity index (χ3n) is 3.09. The van der Waals surface area contributed by atoms with Gasteiger partial charge >= 0.3 is 0 Å². The predicted octanol–water partition coefficient (Wildman–Crippen LogP) is 0.333. The lowest BCUT2D eigenvalue weighted by Crippen LogP contribution is -2.51. The summed E-state index contributed by atoms with van der Waals surface area (Å²) in [6.07, 6.45) is 2.92. The molecule has 3 atom stereocenters. The molecule has 2 N–H and O–H groups in total. The topological polar surface area (TPSA) is 84.6 Å². The van der Waals surface area contributed by atoms with Crippen LogP contribution in [0, 0.1) is 0 Å². The summed E-state index contributed by atoms with van der Waals surface area (Å²) in [5.74, 6) is -0.334. The number of methoxy groups -OCH3 is 1. The van der Waals surface area contributed by atoms with E-state index in [0.29, 0.717) is 0 Å². The number of aromatic nitrogens is 1. The SMILES string of the molecule is CO[C@@H]1CCC[C@@H](NC(=O)c2ccon2)[C@H]1O. The van der Waals surface area contributed by atoms with E-state index in [9.17, 15) is 9.90 Å². The number of carbonyl (C=O) groups excluding carboxylic acids is 1. The van der Waals surface area contributed by atoms with Crippen LogP contribution in [0.3, 0.4) is 0 Å². The zero-order valence-electron chi connectivity index (χ0n) is 9.63. The molecule has 1 aliphatic carbocycles. The molecule has 6 nitrogen and oxygen atoms in total. The van der Waals surface area contributed by atoms with E-state index in [1.807, 2.05) is 0 Å². The van der Waals surface area contributed by atoms with Gasteiger partial charge in [0.1, 0.15) is 12.4 Å². The number of ether oxygens (including phenoxy) is 1. The summed E-state index contributed by atoms with van der Waals surface area (Å²) in [6, 6.07) is 1.19. The molecule has 0 aromatic carbocycles. The number of amides is 1. The number of carbonyl (C=O) groups is 1. The molecule has 0 radical (unpaired) electrons. The van der Waals surface area contributed by atoms with E-state index >= 15 is 0 Å². The van der Waals surface area contributed by atoms with Gasteiger partial charge in [-0.1, -0.05) is 5.16 Å². The average Bonchev–Trinajstić information content (AvgIpc) is 2.85. The van der Waals surface area contributed by atoms with E-state index in [4.69, 9.17) is 4.74 Å². The van der Waals surface area contributed by atoms with Crippen molar-refractivity contribution in [2.24, 2.45) is 0 Å². The molecule has 0 saturated heterocycles. The first-order valence-electron chi connectivity index (χ1n) is 5.64. The van der Waals surface area contributed by atoms with E-state index < -0.39 is 6.10 Å². The van der Waals surface area contributed by atoms with Crippen LogP contribution in [0.25, 0.3) is 0 Å². The molecular weight excluding hydrogens is 224 g/mol. The molecule has 1 aliphatic rings. The Morgan fingerprint density at radius 3 is 3.12 bits per heavy atom. The van der Waals surface area contributed by atoms with Crippen LogP contribution in [0.1, 0.15) is 29.8 Å². The Hall–Kier alpha value is -1.40. The second-order valence-electron chi connectivity index (χ2n) is 4.16. The normalized spacial score (nSPS) is 28.9. The van der Waals surface area contributed by atoms with Crippen molar-refractivity contribution in [3.05, 3.63) is 18.0 Å². The first-order valence-corrected chi connectivity index (χ1v) is 5.64. The van der Waals surface area contributed by atoms with Gasteiger partial charge in [0, 0.05) is 13.2 Å². The van der Waals surface area contributed by atoms with Gasteiger partial charge in [-0.25, -0.2) is 0 Å². The highest BCUT2D eigenvalue weighted by Gasteiger charge is 2.33. The molecule has 2 rings (SSSR count).